The fourth-order valence-electron chi connectivity index (χ4n) is 9.30. The van der Waals surface area contributed by atoms with Crippen molar-refractivity contribution in [3.05, 3.63) is 156 Å². The van der Waals surface area contributed by atoms with Gasteiger partial charge in [-0.15, -0.1) is 0 Å². The number of carbonyl (C=O) groups is 1. The highest BCUT2D eigenvalue weighted by atomic mass is 28.4. The van der Waals surface area contributed by atoms with Crippen LogP contribution in [-0.2, 0) is 31.9 Å². The molecular formula is C53H69NO5Si. The smallest absolute Gasteiger partial charge is 0.410 e. The average molecular weight is 828 g/mol. The number of hydrogen-bond donors (Lipinski definition) is 0. The van der Waals surface area contributed by atoms with Crippen molar-refractivity contribution in [1.82, 2.24) is 4.90 Å². The van der Waals surface area contributed by atoms with Crippen molar-refractivity contribution in [2.45, 2.75) is 116 Å². The van der Waals surface area contributed by atoms with Crippen molar-refractivity contribution in [1.29, 1.82) is 0 Å². The molecule has 0 spiro atoms. The molecule has 4 aromatic rings. The van der Waals surface area contributed by atoms with Crippen molar-refractivity contribution < 1.29 is 23.4 Å². The van der Waals surface area contributed by atoms with Gasteiger partial charge < -0.3 is 23.5 Å². The molecule has 1 aliphatic carbocycles. The van der Waals surface area contributed by atoms with Crippen LogP contribution in [0, 0.1) is 11.3 Å². The number of unbranched alkanes of at least 4 members (excludes halogenated alkanes) is 2. The molecule has 2 atom stereocenters. The topological polar surface area (TPSA) is 57.2 Å². The molecule has 2 fully saturated rings. The van der Waals surface area contributed by atoms with Gasteiger partial charge in [-0.3, -0.25) is 0 Å². The Hall–Kier alpha value is -4.27. The van der Waals surface area contributed by atoms with Crippen LogP contribution in [0.15, 0.2) is 145 Å². The maximum Gasteiger partial charge on any atom is 0.410 e. The van der Waals surface area contributed by atoms with Crippen LogP contribution in [0.3, 0.4) is 0 Å². The average Bonchev–Trinajstić information content (AvgIpc) is 3.23. The highest BCUT2D eigenvalue weighted by Crippen LogP contribution is 2.48. The molecule has 2 bridgehead atoms. The molecule has 7 heteroatoms. The van der Waals surface area contributed by atoms with Gasteiger partial charge in [0, 0.05) is 18.6 Å². The number of likely N-dealkylation sites (tertiary alicyclic amines) is 1. The third-order valence-electron chi connectivity index (χ3n) is 12.3. The van der Waals surface area contributed by atoms with E-state index in [0.717, 1.165) is 62.7 Å². The van der Waals surface area contributed by atoms with Crippen molar-refractivity contribution in [2.75, 3.05) is 26.4 Å². The largest absolute Gasteiger partial charge is 0.444 e. The molecule has 1 aliphatic heterocycles. The minimum Gasteiger partial charge on any atom is -0.444 e. The van der Waals surface area contributed by atoms with E-state index in [-0.39, 0.29) is 22.6 Å². The zero-order valence-corrected chi connectivity index (χ0v) is 38.1. The Morgan fingerprint density at radius 2 is 1.27 bits per heavy atom. The zero-order chi connectivity index (χ0) is 42.5. The van der Waals surface area contributed by atoms with Crippen molar-refractivity contribution in [2.24, 2.45) is 11.3 Å². The number of amides is 1. The monoisotopic (exact) mass is 827 g/mol. The number of hydrogen-bond acceptors (Lipinski definition) is 5. The Bertz CT molecular complexity index is 1870. The van der Waals surface area contributed by atoms with Crippen LogP contribution >= 0.6 is 0 Å². The summed E-state index contributed by atoms with van der Waals surface area (Å²) in [6, 6.07) is 42.4. The highest BCUT2D eigenvalue weighted by Gasteiger charge is 2.52. The van der Waals surface area contributed by atoms with Crippen molar-refractivity contribution in [3.8, 4) is 0 Å². The summed E-state index contributed by atoms with van der Waals surface area (Å²) in [7, 11) is -2.52. The second-order valence-electron chi connectivity index (χ2n) is 18.9. The van der Waals surface area contributed by atoms with E-state index in [1.807, 2.05) is 62.1 Å². The number of ether oxygens (including phenoxy) is 3. The predicted molar refractivity (Wildman–Crippen MR) is 248 cm³/mol. The minimum absolute atomic E-state index is 0.00185. The Kier molecular flexibility index (Phi) is 15.8. The molecule has 320 valence electrons. The van der Waals surface area contributed by atoms with Gasteiger partial charge in [0.15, 0.2) is 0 Å². The number of piperidine rings is 1. The van der Waals surface area contributed by atoms with Crippen LogP contribution < -0.4 is 10.4 Å². The first-order chi connectivity index (χ1) is 28.9. The normalized spacial score (nSPS) is 18.8. The molecule has 0 radical (unpaired) electrons. The first-order valence-corrected chi connectivity index (χ1v) is 24.1. The molecule has 0 aromatic heterocycles. The lowest BCUT2D eigenvalue weighted by Gasteiger charge is -2.54. The second-order valence-corrected chi connectivity index (χ2v) is 23.2. The molecule has 2 unspecified atom stereocenters. The van der Waals surface area contributed by atoms with Gasteiger partial charge in [-0.25, -0.2) is 4.79 Å². The number of rotatable bonds is 18. The maximum atomic E-state index is 14.1. The van der Waals surface area contributed by atoms with Crippen LogP contribution in [0.1, 0.15) is 97.6 Å². The Balaban J connectivity index is 1.09. The summed E-state index contributed by atoms with van der Waals surface area (Å²) in [5, 5.41) is 2.63. The molecule has 1 heterocycles. The summed E-state index contributed by atoms with van der Waals surface area (Å²) in [5.74, 6) is 0.353. The summed E-state index contributed by atoms with van der Waals surface area (Å²) in [5.41, 5.74) is 2.66. The van der Waals surface area contributed by atoms with Gasteiger partial charge in [0.1, 0.15) is 5.60 Å². The summed E-state index contributed by atoms with van der Waals surface area (Å²) >= 11 is 0. The van der Waals surface area contributed by atoms with Crippen LogP contribution in [0.5, 0.6) is 0 Å². The molecule has 0 N–H and O–H groups in total. The number of nitrogens with zero attached hydrogens (tertiary/aromatic N) is 1. The first-order valence-electron chi connectivity index (χ1n) is 22.2. The van der Waals surface area contributed by atoms with Gasteiger partial charge in [0.05, 0.1) is 32.5 Å². The molecule has 1 amide bonds. The number of fused-ring (bicyclic) bond motifs is 2. The van der Waals surface area contributed by atoms with Crippen molar-refractivity contribution >= 4 is 24.8 Å². The molecule has 4 aromatic carbocycles. The Morgan fingerprint density at radius 1 is 0.733 bits per heavy atom. The summed E-state index contributed by atoms with van der Waals surface area (Å²) in [4.78, 5) is 16.1. The fourth-order valence-corrected chi connectivity index (χ4v) is 13.9. The lowest BCUT2D eigenvalue weighted by molar-refractivity contribution is -0.117. The van der Waals surface area contributed by atoms with Crippen LogP contribution in [-0.4, -0.2) is 57.3 Å². The zero-order valence-electron chi connectivity index (χ0n) is 37.1. The van der Waals surface area contributed by atoms with E-state index in [9.17, 15) is 4.79 Å². The molecule has 1 saturated carbocycles. The summed E-state index contributed by atoms with van der Waals surface area (Å²) in [6.45, 7) is 16.2. The maximum absolute atomic E-state index is 14.1. The Labute approximate surface area is 362 Å². The highest BCUT2D eigenvalue weighted by molar-refractivity contribution is 6.99. The molecule has 6 nitrogen and oxygen atoms in total. The van der Waals surface area contributed by atoms with Gasteiger partial charge in [-0.05, 0) is 98.2 Å². The quantitative estimate of drug-likeness (QED) is 0.0568. The minimum atomic E-state index is -2.52. The molecule has 1 saturated heterocycles. The van der Waals surface area contributed by atoms with Gasteiger partial charge in [-0.1, -0.05) is 166 Å². The van der Waals surface area contributed by atoms with Crippen molar-refractivity contribution in [3.63, 3.8) is 0 Å². The van der Waals surface area contributed by atoms with Crippen LogP contribution in [0.25, 0.3) is 0 Å². The van der Waals surface area contributed by atoms with E-state index in [1.165, 1.54) is 15.9 Å². The predicted octanol–water partition coefficient (Wildman–Crippen LogP) is 11.4. The lowest BCUT2D eigenvalue weighted by Crippen LogP contribution is -2.66. The van der Waals surface area contributed by atoms with E-state index in [4.69, 9.17) is 18.6 Å². The molecular weight excluding hydrogens is 759 g/mol. The number of benzene rings is 4. The van der Waals surface area contributed by atoms with E-state index in [1.54, 1.807) is 0 Å². The summed E-state index contributed by atoms with van der Waals surface area (Å²) < 4.78 is 26.3. The fraction of sp³-hybridized carbons (Fsp3) is 0.453. The van der Waals surface area contributed by atoms with Gasteiger partial charge in [-0.2, -0.15) is 0 Å². The third kappa shape index (κ3) is 11.8. The second kappa shape index (κ2) is 21.0. The Morgan fingerprint density at radius 3 is 1.78 bits per heavy atom. The SMILES string of the molecule is CC(C)(C)OC(=O)N1CC(COCc2ccccc2)(COCc2ccccc2)C2CC/C(=C/C/C=C\CCCCO[Si](c3ccccc3)(c3ccccc3)C(C)(C)C)C1C2. The van der Waals surface area contributed by atoms with E-state index < -0.39 is 13.9 Å². The van der Waals surface area contributed by atoms with Crippen LogP contribution in [0.4, 0.5) is 4.79 Å². The number of allylic oxidation sites excluding steroid dienone is 3. The van der Waals surface area contributed by atoms with Gasteiger partial charge in [0.25, 0.3) is 8.32 Å². The molecule has 6 rings (SSSR count). The lowest BCUT2D eigenvalue weighted by atomic mass is 9.63. The van der Waals surface area contributed by atoms with E-state index in [0.29, 0.717) is 38.9 Å². The van der Waals surface area contributed by atoms with Gasteiger partial charge in [0.2, 0.25) is 0 Å². The first kappa shape index (κ1) is 45.3. The van der Waals surface area contributed by atoms with Gasteiger partial charge >= 0.3 is 6.09 Å². The number of carbonyl (C=O) groups excluding carboxylic acids is 1. The van der Waals surface area contributed by atoms with Crippen LogP contribution in [0.2, 0.25) is 5.04 Å². The molecule has 2 aliphatic rings. The summed E-state index contributed by atoms with van der Waals surface area (Å²) in [6.07, 6.45) is 13.5. The third-order valence-corrected chi connectivity index (χ3v) is 17.3. The standard InChI is InChI=1S/C53H69NO5Si/c1-51(2,3)59-50(55)54-40-53(41-56-38-43-25-15-11-16-26-43,42-57-39-44-27-17-12-18-28-44)46-35-34-45(49(54)37-46)29-19-9-7-8-10-24-36-58-60(52(4,5)6,47-30-20-13-21-31-47)48-32-22-14-23-33-48/h7,9,11-18,20-23,25-33,46,49H,8,10,19,24,34-42H2,1-6H3/b9-7-,45-29-. The van der Waals surface area contributed by atoms with E-state index in [2.05, 4.69) is 124 Å². The molecule has 60 heavy (non-hydrogen) atoms. The van der Waals surface area contributed by atoms with E-state index >= 15 is 0 Å².